The maximum Gasteiger partial charge on any atom is 0.258 e. The zero-order valence-electron chi connectivity index (χ0n) is 16.0. The molecule has 0 unspecified atom stereocenters. The highest BCUT2D eigenvalue weighted by Crippen LogP contribution is 2.30. The predicted octanol–water partition coefficient (Wildman–Crippen LogP) is 4.71. The molecule has 8 heteroatoms. The number of benzene rings is 1. The number of furan rings is 1. The van der Waals surface area contributed by atoms with Crippen molar-refractivity contribution in [1.29, 1.82) is 0 Å². The largest absolute Gasteiger partial charge is 0.497 e. The van der Waals surface area contributed by atoms with Crippen molar-refractivity contribution in [1.82, 2.24) is 14.4 Å². The van der Waals surface area contributed by atoms with E-state index in [9.17, 15) is 4.79 Å². The topological polar surface area (TPSA) is 84.6 Å². The van der Waals surface area contributed by atoms with E-state index in [1.165, 1.54) is 0 Å². The molecule has 150 valence electrons. The Labute approximate surface area is 175 Å². The molecule has 0 aliphatic heterocycles. The standard InChI is InChI=1S/C22H17ClN4O3/c1-29-15-6-4-13-9-17(22(28)25-18(13)10-15)20-21(24-11-16-3-2-8-30-16)27-12-14(23)5-7-19(27)26-20/h2-10,12,24H,11H2,1H3,(H,25,28). The van der Waals surface area contributed by atoms with Crippen molar-refractivity contribution in [3.8, 4) is 17.0 Å². The van der Waals surface area contributed by atoms with Crippen LogP contribution in [-0.2, 0) is 6.54 Å². The number of rotatable bonds is 5. The summed E-state index contributed by atoms with van der Waals surface area (Å²) in [5, 5.41) is 4.77. The third-order valence-corrected chi connectivity index (χ3v) is 5.12. The molecule has 4 heterocycles. The highest BCUT2D eigenvalue weighted by molar-refractivity contribution is 6.30. The minimum Gasteiger partial charge on any atom is -0.497 e. The summed E-state index contributed by atoms with van der Waals surface area (Å²) in [5.41, 5.74) is 2.11. The van der Waals surface area contributed by atoms with Crippen molar-refractivity contribution < 1.29 is 9.15 Å². The molecule has 0 amide bonds. The Balaban J connectivity index is 1.68. The molecule has 2 N–H and O–H groups in total. The summed E-state index contributed by atoms with van der Waals surface area (Å²) < 4.78 is 12.5. The summed E-state index contributed by atoms with van der Waals surface area (Å²) in [4.78, 5) is 20.6. The van der Waals surface area contributed by atoms with Crippen molar-refractivity contribution in [2.24, 2.45) is 0 Å². The van der Waals surface area contributed by atoms with E-state index in [0.29, 0.717) is 45.6 Å². The minimum atomic E-state index is -0.244. The van der Waals surface area contributed by atoms with Crippen LogP contribution in [0.3, 0.4) is 0 Å². The molecule has 7 nitrogen and oxygen atoms in total. The van der Waals surface area contributed by atoms with Crippen molar-refractivity contribution in [3.05, 3.63) is 82.1 Å². The Hall–Kier alpha value is -3.71. The number of aromatic nitrogens is 3. The number of hydrogen-bond acceptors (Lipinski definition) is 5. The number of hydrogen-bond donors (Lipinski definition) is 2. The maximum absolute atomic E-state index is 12.9. The molecule has 4 aromatic heterocycles. The van der Waals surface area contributed by atoms with Gasteiger partial charge in [0.2, 0.25) is 0 Å². The molecular formula is C22H17ClN4O3. The Kier molecular flexibility index (Phi) is 4.44. The Morgan fingerprint density at radius 3 is 2.93 bits per heavy atom. The average Bonchev–Trinajstić information content (AvgIpc) is 3.38. The van der Waals surface area contributed by atoms with Gasteiger partial charge in [0.25, 0.3) is 5.56 Å². The van der Waals surface area contributed by atoms with E-state index in [4.69, 9.17) is 25.7 Å². The fourth-order valence-corrected chi connectivity index (χ4v) is 3.60. The molecule has 1 aromatic carbocycles. The second-order valence-electron chi connectivity index (χ2n) is 6.78. The number of ether oxygens (including phenoxy) is 1. The van der Waals surface area contributed by atoms with Crippen LogP contribution in [0.4, 0.5) is 5.82 Å². The summed E-state index contributed by atoms with van der Waals surface area (Å²) in [6.07, 6.45) is 3.38. The van der Waals surface area contributed by atoms with Crippen LogP contribution in [0, 0.1) is 0 Å². The lowest BCUT2D eigenvalue weighted by molar-refractivity contribution is 0.415. The number of halogens is 1. The number of fused-ring (bicyclic) bond motifs is 2. The fraction of sp³-hybridized carbons (Fsp3) is 0.0909. The summed E-state index contributed by atoms with van der Waals surface area (Å²) >= 11 is 6.21. The average molecular weight is 421 g/mol. The van der Waals surface area contributed by atoms with E-state index in [1.54, 1.807) is 31.7 Å². The first-order chi connectivity index (χ1) is 14.6. The Bertz CT molecular complexity index is 1420. The molecule has 0 saturated heterocycles. The number of methoxy groups -OCH3 is 1. The van der Waals surface area contributed by atoms with Crippen LogP contribution < -0.4 is 15.6 Å². The van der Waals surface area contributed by atoms with Gasteiger partial charge in [-0.25, -0.2) is 4.98 Å². The van der Waals surface area contributed by atoms with Gasteiger partial charge in [-0.2, -0.15) is 0 Å². The van der Waals surface area contributed by atoms with E-state index in [2.05, 4.69) is 10.3 Å². The van der Waals surface area contributed by atoms with E-state index < -0.39 is 0 Å². The summed E-state index contributed by atoms with van der Waals surface area (Å²) in [7, 11) is 1.59. The third kappa shape index (κ3) is 3.19. The Morgan fingerprint density at radius 1 is 1.23 bits per heavy atom. The summed E-state index contributed by atoms with van der Waals surface area (Å²) in [5.74, 6) is 2.09. The van der Waals surface area contributed by atoms with Crippen LogP contribution in [0.25, 0.3) is 27.8 Å². The molecule has 0 atom stereocenters. The van der Waals surface area contributed by atoms with E-state index in [0.717, 1.165) is 11.1 Å². The third-order valence-electron chi connectivity index (χ3n) is 4.90. The second-order valence-corrected chi connectivity index (χ2v) is 7.22. The number of imidazole rings is 1. The highest BCUT2D eigenvalue weighted by Gasteiger charge is 2.18. The first-order valence-electron chi connectivity index (χ1n) is 9.28. The Morgan fingerprint density at radius 2 is 2.13 bits per heavy atom. The lowest BCUT2D eigenvalue weighted by Gasteiger charge is -2.09. The van der Waals surface area contributed by atoms with Crippen molar-refractivity contribution in [3.63, 3.8) is 0 Å². The minimum absolute atomic E-state index is 0.244. The summed E-state index contributed by atoms with van der Waals surface area (Å²) in [6.45, 7) is 0.434. The van der Waals surface area contributed by atoms with Crippen molar-refractivity contribution in [2.75, 3.05) is 12.4 Å². The van der Waals surface area contributed by atoms with E-state index in [-0.39, 0.29) is 5.56 Å². The number of nitrogens with zero attached hydrogens (tertiary/aromatic N) is 2. The van der Waals surface area contributed by atoms with Gasteiger partial charge in [0.15, 0.2) is 0 Å². The molecule has 5 rings (SSSR count). The molecule has 0 spiro atoms. The number of anilines is 1. The number of H-pyrrole nitrogens is 1. The zero-order chi connectivity index (χ0) is 20.7. The molecule has 0 radical (unpaired) electrons. The maximum atomic E-state index is 12.9. The number of nitrogens with one attached hydrogen (secondary N) is 2. The molecule has 30 heavy (non-hydrogen) atoms. The smallest absolute Gasteiger partial charge is 0.258 e. The molecular weight excluding hydrogens is 404 g/mol. The fourth-order valence-electron chi connectivity index (χ4n) is 3.44. The van der Waals surface area contributed by atoms with Gasteiger partial charge in [0.05, 0.1) is 36.0 Å². The molecule has 5 aromatic rings. The molecule has 0 aliphatic rings. The SMILES string of the molecule is COc1ccc2cc(-c3nc4ccc(Cl)cn4c3NCc3ccco3)c(=O)[nH]c2c1. The van der Waals surface area contributed by atoms with Crippen LogP contribution in [0.1, 0.15) is 5.76 Å². The van der Waals surface area contributed by atoms with Crippen LogP contribution >= 0.6 is 11.6 Å². The predicted molar refractivity (Wildman–Crippen MR) is 116 cm³/mol. The molecule has 0 aliphatic carbocycles. The lowest BCUT2D eigenvalue weighted by atomic mass is 10.1. The number of aromatic amines is 1. The first kappa shape index (κ1) is 18.3. The highest BCUT2D eigenvalue weighted by atomic mass is 35.5. The molecule has 0 fully saturated rings. The normalized spacial score (nSPS) is 11.3. The second kappa shape index (κ2) is 7.27. The molecule has 0 bridgehead atoms. The molecule has 0 saturated carbocycles. The van der Waals surface area contributed by atoms with Crippen LogP contribution in [-0.4, -0.2) is 21.5 Å². The van der Waals surface area contributed by atoms with Crippen LogP contribution in [0.15, 0.2) is 70.2 Å². The van der Waals surface area contributed by atoms with Gasteiger partial charge in [0.1, 0.15) is 28.7 Å². The van der Waals surface area contributed by atoms with Gasteiger partial charge >= 0.3 is 0 Å². The summed E-state index contributed by atoms with van der Waals surface area (Å²) in [6, 6.07) is 14.6. The lowest BCUT2D eigenvalue weighted by Crippen LogP contribution is -2.11. The monoisotopic (exact) mass is 420 g/mol. The van der Waals surface area contributed by atoms with Crippen molar-refractivity contribution in [2.45, 2.75) is 6.54 Å². The van der Waals surface area contributed by atoms with Crippen LogP contribution in [0.2, 0.25) is 5.02 Å². The quantitative estimate of drug-likeness (QED) is 0.430. The van der Waals surface area contributed by atoms with Gasteiger partial charge in [-0.15, -0.1) is 0 Å². The van der Waals surface area contributed by atoms with Gasteiger partial charge in [0, 0.05) is 12.3 Å². The van der Waals surface area contributed by atoms with Gasteiger partial charge in [-0.3, -0.25) is 9.20 Å². The van der Waals surface area contributed by atoms with Crippen molar-refractivity contribution >= 4 is 34.0 Å². The number of pyridine rings is 2. The van der Waals surface area contributed by atoms with Gasteiger partial charge in [-0.1, -0.05) is 11.6 Å². The van der Waals surface area contributed by atoms with E-state index in [1.807, 2.05) is 40.8 Å². The van der Waals surface area contributed by atoms with E-state index >= 15 is 0 Å². The van der Waals surface area contributed by atoms with Gasteiger partial charge in [-0.05, 0) is 47.9 Å². The first-order valence-corrected chi connectivity index (χ1v) is 9.65. The van der Waals surface area contributed by atoms with Gasteiger partial charge < -0.3 is 19.5 Å². The zero-order valence-corrected chi connectivity index (χ0v) is 16.7. The van der Waals surface area contributed by atoms with Crippen LogP contribution in [0.5, 0.6) is 5.75 Å².